The van der Waals surface area contributed by atoms with Crippen molar-refractivity contribution in [3.8, 4) is 0 Å². The van der Waals surface area contributed by atoms with E-state index in [2.05, 4.69) is 66.7 Å². The molecule has 0 spiro atoms. The Morgan fingerprint density at radius 2 is 1.61 bits per heavy atom. The Hall–Kier alpha value is -5.24. The minimum absolute atomic E-state index is 0.145. The number of hydrogen-bond donors (Lipinski definition) is 3. The van der Waals surface area contributed by atoms with Crippen LogP contribution < -0.4 is 31.9 Å². The fourth-order valence-electron chi connectivity index (χ4n) is 8.86. The minimum Gasteiger partial charge on any atom is -0.371 e. The van der Waals surface area contributed by atoms with Gasteiger partial charge in [0.25, 0.3) is 5.91 Å². The Morgan fingerprint density at radius 3 is 2.31 bits per heavy atom. The van der Waals surface area contributed by atoms with Gasteiger partial charge in [0.1, 0.15) is 11.9 Å². The fraction of sp³-hybridized carbons (Fsp3) is 0.500. The van der Waals surface area contributed by atoms with Crippen molar-refractivity contribution in [2.24, 2.45) is 18.7 Å². The van der Waals surface area contributed by atoms with Crippen molar-refractivity contribution in [1.82, 2.24) is 29.3 Å². The van der Waals surface area contributed by atoms with Crippen LogP contribution in [-0.2, 0) is 16.6 Å². The standard InChI is InChI=1S/C40H50N10O4/c1-46-33-23-30(9-10-31(33)50(40(46)54)32-11-12-35(51)45-39(32)53)48-21-13-26(14-22-48)25-47-19-15-28(16-20-47)27-5-7-29(8-6-27)43-38-36(37(41)52)42-24-34(44-38)49-17-3-2-4-18-49/h5-10,23-24,26,28,32H,2-4,11-22,25H2,1H3,(H2,41,52)(H,43,44)(H,45,51,53). The van der Waals surface area contributed by atoms with Crippen LogP contribution in [0, 0.1) is 5.92 Å². The van der Waals surface area contributed by atoms with Crippen molar-refractivity contribution in [2.75, 3.05) is 60.9 Å². The maximum Gasteiger partial charge on any atom is 0.329 e. The first-order chi connectivity index (χ1) is 26.2. The van der Waals surface area contributed by atoms with E-state index in [1.54, 1.807) is 17.8 Å². The van der Waals surface area contributed by atoms with E-state index in [4.69, 9.17) is 10.7 Å². The summed E-state index contributed by atoms with van der Waals surface area (Å²) < 4.78 is 3.15. The Labute approximate surface area is 314 Å². The third-order valence-electron chi connectivity index (χ3n) is 12.0. The Bertz CT molecular complexity index is 2090. The van der Waals surface area contributed by atoms with Gasteiger partial charge in [-0.2, -0.15) is 0 Å². The molecule has 4 aliphatic heterocycles. The molecular weight excluding hydrogens is 685 g/mol. The van der Waals surface area contributed by atoms with Crippen molar-refractivity contribution < 1.29 is 14.4 Å². The first-order valence-electron chi connectivity index (χ1n) is 19.5. The van der Waals surface area contributed by atoms with E-state index >= 15 is 0 Å². The summed E-state index contributed by atoms with van der Waals surface area (Å²) in [6, 6.07) is 13.9. The minimum atomic E-state index is -0.679. The second-order valence-corrected chi connectivity index (χ2v) is 15.4. The highest BCUT2D eigenvalue weighted by molar-refractivity contribution is 6.00. The second kappa shape index (κ2) is 15.2. The van der Waals surface area contributed by atoms with Crippen LogP contribution in [0.3, 0.4) is 0 Å². The van der Waals surface area contributed by atoms with Crippen LogP contribution in [0.15, 0.2) is 53.5 Å². The normalized spacial score (nSPS) is 20.7. The van der Waals surface area contributed by atoms with Gasteiger partial charge in [-0.3, -0.25) is 28.8 Å². The number of benzene rings is 2. The number of amides is 3. The molecule has 4 saturated heterocycles. The van der Waals surface area contributed by atoms with Gasteiger partial charge in [-0.05, 0) is 112 Å². The molecular formula is C40H50N10O4. The number of aryl methyl sites for hydroxylation is 1. The van der Waals surface area contributed by atoms with E-state index in [9.17, 15) is 19.2 Å². The number of primary amides is 1. The van der Waals surface area contributed by atoms with E-state index < -0.39 is 17.9 Å². The summed E-state index contributed by atoms with van der Waals surface area (Å²) in [4.78, 5) is 66.0. The molecule has 3 amide bonds. The molecule has 0 aliphatic carbocycles. The summed E-state index contributed by atoms with van der Waals surface area (Å²) in [7, 11) is 1.74. The van der Waals surface area contributed by atoms with Crippen LogP contribution in [0.25, 0.3) is 11.0 Å². The quantitative estimate of drug-likeness (QED) is 0.214. The molecule has 284 valence electrons. The van der Waals surface area contributed by atoms with Crippen molar-refractivity contribution >= 4 is 51.8 Å². The molecule has 4 fully saturated rings. The van der Waals surface area contributed by atoms with Gasteiger partial charge < -0.3 is 25.8 Å². The summed E-state index contributed by atoms with van der Waals surface area (Å²) in [5.41, 5.74) is 10.3. The predicted molar refractivity (Wildman–Crippen MR) is 208 cm³/mol. The van der Waals surface area contributed by atoms with Gasteiger partial charge in [0.05, 0.1) is 17.2 Å². The van der Waals surface area contributed by atoms with Crippen molar-refractivity contribution in [3.63, 3.8) is 0 Å². The number of nitrogens with two attached hydrogens (primary N) is 1. The highest BCUT2D eigenvalue weighted by Crippen LogP contribution is 2.33. The number of hydrogen-bond acceptors (Lipinski definition) is 10. The lowest BCUT2D eigenvalue weighted by molar-refractivity contribution is -0.135. The van der Waals surface area contributed by atoms with E-state index in [1.807, 2.05) is 6.07 Å². The van der Waals surface area contributed by atoms with Gasteiger partial charge in [-0.1, -0.05) is 12.1 Å². The maximum atomic E-state index is 13.2. The molecule has 2 aromatic heterocycles. The number of carbonyl (C=O) groups is 3. The smallest absolute Gasteiger partial charge is 0.329 e. The van der Waals surface area contributed by atoms with Crippen LogP contribution in [0.1, 0.15) is 85.8 Å². The second-order valence-electron chi connectivity index (χ2n) is 15.4. The Morgan fingerprint density at radius 1 is 0.870 bits per heavy atom. The zero-order valence-electron chi connectivity index (χ0n) is 31.0. The number of fused-ring (bicyclic) bond motifs is 1. The number of anilines is 4. The van der Waals surface area contributed by atoms with E-state index in [1.165, 1.54) is 16.6 Å². The average molecular weight is 735 g/mol. The van der Waals surface area contributed by atoms with Crippen LogP contribution in [0.2, 0.25) is 0 Å². The van der Waals surface area contributed by atoms with Crippen molar-refractivity contribution in [3.05, 3.63) is 70.4 Å². The van der Waals surface area contributed by atoms with Gasteiger partial charge in [0.15, 0.2) is 11.5 Å². The molecule has 2 aromatic carbocycles. The van der Waals surface area contributed by atoms with Gasteiger partial charge in [0, 0.05) is 57.6 Å². The Kier molecular flexibility index (Phi) is 10.1. The van der Waals surface area contributed by atoms with Crippen LogP contribution >= 0.6 is 0 Å². The monoisotopic (exact) mass is 734 g/mol. The molecule has 14 nitrogen and oxygen atoms in total. The van der Waals surface area contributed by atoms with Crippen LogP contribution in [0.5, 0.6) is 0 Å². The highest BCUT2D eigenvalue weighted by atomic mass is 16.2. The summed E-state index contributed by atoms with van der Waals surface area (Å²) in [5.74, 6) is 1.01. The summed E-state index contributed by atoms with van der Waals surface area (Å²) in [6.07, 6.45) is 10.2. The number of likely N-dealkylation sites (tertiary alicyclic amines) is 1. The number of nitrogens with zero attached hydrogens (tertiary/aromatic N) is 7. The molecule has 0 radical (unpaired) electrons. The lowest BCUT2D eigenvalue weighted by Crippen LogP contribution is -2.44. The first-order valence-corrected chi connectivity index (χ1v) is 19.5. The lowest BCUT2D eigenvalue weighted by Gasteiger charge is -2.38. The van der Waals surface area contributed by atoms with Crippen LogP contribution in [-0.4, -0.2) is 87.5 Å². The molecule has 6 heterocycles. The number of nitrogens with one attached hydrogen (secondary N) is 2. The number of imide groups is 1. The zero-order chi connectivity index (χ0) is 37.3. The molecule has 0 bridgehead atoms. The number of rotatable bonds is 9. The maximum absolute atomic E-state index is 13.2. The number of piperidine rings is 4. The fourth-order valence-corrected chi connectivity index (χ4v) is 8.86. The van der Waals surface area contributed by atoms with E-state index in [0.29, 0.717) is 29.6 Å². The number of aromatic nitrogens is 4. The van der Waals surface area contributed by atoms with Gasteiger partial charge in [0.2, 0.25) is 11.8 Å². The van der Waals surface area contributed by atoms with E-state index in [0.717, 1.165) is 107 Å². The molecule has 4 aliphatic rings. The topological polar surface area (TPSA) is 164 Å². The summed E-state index contributed by atoms with van der Waals surface area (Å²) in [6.45, 7) is 7.08. The van der Waals surface area contributed by atoms with E-state index in [-0.39, 0.29) is 23.7 Å². The molecule has 0 saturated carbocycles. The third kappa shape index (κ3) is 7.31. The molecule has 4 N–H and O–H groups in total. The van der Waals surface area contributed by atoms with Crippen molar-refractivity contribution in [1.29, 1.82) is 0 Å². The number of carbonyl (C=O) groups excluding carboxylic acids is 3. The first kappa shape index (κ1) is 35.8. The lowest BCUT2D eigenvalue weighted by atomic mass is 9.88. The molecule has 54 heavy (non-hydrogen) atoms. The molecule has 4 aromatic rings. The summed E-state index contributed by atoms with van der Waals surface area (Å²) in [5, 5.41) is 5.69. The molecule has 1 unspecified atom stereocenters. The highest BCUT2D eigenvalue weighted by Gasteiger charge is 2.32. The average Bonchev–Trinajstić information content (AvgIpc) is 3.44. The van der Waals surface area contributed by atoms with Gasteiger partial charge in [-0.15, -0.1) is 0 Å². The third-order valence-corrected chi connectivity index (χ3v) is 12.0. The molecule has 8 rings (SSSR count). The molecule has 1 atom stereocenters. The zero-order valence-corrected chi connectivity index (χ0v) is 31.0. The SMILES string of the molecule is Cn1c(=O)n(C2CCC(=O)NC2=O)c2ccc(N3CCC(CN4CCC(c5ccc(Nc6nc(N7CCCCC7)cnc6C(N)=O)cc5)CC4)CC3)cc21. The summed E-state index contributed by atoms with van der Waals surface area (Å²) >= 11 is 0. The molecule has 14 heteroatoms. The van der Waals surface area contributed by atoms with Crippen molar-refractivity contribution in [2.45, 2.75) is 69.7 Å². The van der Waals surface area contributed by atoms with Gasteiger partial charge >= 0.3 is 5.69 Å². The number of imidazole rings is 1. The largest absolute Gasteiger partial charge is 0.371 e. The predicted octanol–water partition coefficient (Wildman–Crippen LogP) is 4.04. The van der Waals surface area contributed by atoms with Gasteiger partial charge in [-0.25, -0.2) is 14.8 Å². The van der Waals surface area contributed by atoms with Crippen LogP contribution in [0.4, 0.5) is 23.0 Å². The Balaban J connectivity index is 0.830.